The van der Waals surface area contributed by atoms with Gasteiger partial charge in [-0.15, -0.1) is 0 Å². The number of piperazine rings is 1. The molecule has 1 spiro atoms. The van der Waals surface area contributed by atoms with Crippen molar-refractivity contribution >= 4 is 12.0 Å². The van der Waals surface area contributed by atoms with Gasteiger partial charge in [0.15, 0.2) is 0 Å². The lowest BCUT2D eigenvalue weighted by molar-refractivity contribution is -0.162. The van der Waals surface area contributed by atoms with Crippen molar-refractivity contribution in [1.82, 2.24) is 15.1 Å². The maximum absolute atomic E-state index is 12.1. The van der Waals surface area contributed by atoms with Gasteiger partial charge in [0.05, 0.1) is 18.8 Å². The van der Waals surface area contributed by atoms with Crippen LogP contribution in [0.15, 0.2) is 0 Å². The molecule has 3 saturated heterocycles. The fourth-order valence-electron chi connectivity index (χ4n) is 3.27. The average molecular weight is 297 g/mol. The molecule has 0 radical (unpaired) electrons. The number of nitrogens with zero attached hydrogens (tertiary/aromatic N) is 2. The summed E-state index contributed by atoms with van der Waals surface area (Å²) in [5.41, 5.74) is -0.638. The Hall–Kier alpha value is -1.34. The first kappa shape index (κ1) is 14.6. The van der Waals surface area contributed by atoms with Crippen molar-refractivity contribution in [3.63, 3.8) is 0 Å². The fraction of sp³-hybridized carbons (Fsp3) is 0.857. The molecule has 2 amide bonds. The minimum Gasteiger partial charge on any atom is -0.444 e. The molecule has 3 heterocycles. The molecule has 1 N–H and O–H groups in total. The van der Waals surface area contributed by atoms with Crippen molar-refractivity contribution in [3.05, 3.63) is 0 Å². The summed E-state index contributed by atoms with van der Waals surface area (Å²) in [7, 11) is 0. The molecule has 3 aliphatic rings. The van der Waals surface area contributed by atoms with E-state index in [1.165, 1.54) is 0 Å². The number of carbonyl (C=O) groups excluding carboxylic acids is 2. The Labute approximate surface area is 124 Å². The molecule has 1 unspecified atom stereocenters. The lowest BCUT2D eigenvalue weighted by Gasteiger charge is -2.60. The van der Waals surface area contributed by atoms with E-state index in [9.17, 15) is 9.59 Å². The van der Waals surface area contributed by atoms with E-state index in [1.807, 2.05) is 20.8 Å². The fourth-order valence-corrected chi connectivity index (χ4v) is 3.27. The van der Waals surface area contributed by atoms with E-state index in [2.05, 4.69) is 10.2 Å². The molecule has 0 aromatic rings. The standard InChI is InChI=1S/C14H23N3O4/c1-13(2,3)21-12(19)16-8-14(9-16)7-15-11(18)10-6-20-5-4-17(10)14/h10H,4-9H2,1-3H3,(H,15,18). The van der Waals surface area contributed by atoms with Crippen molar-refractivity contribution in [1.29, 1.82) is 0 Å². The van der Waals surface area contributed by atoms with Crippen LogP contribution in [0.2, 0.25) is 0 Å². The third kappa shape index (κ3) is 2.60. The SMILES string of the molecule is CC(C)(C)OC(=O)N1CC2(CNC(=O)C3COCCN32)C1. The first-order chi connectivity index (χ1) is 9.81. The van der Waals surface area contributed by atoms with Crippen LogP contribution in [0.4, 0.5) is 4.79 Å². The highest BCUT2D eigenvalue weighted by molar-refractivity contribution is 5.83. The number of amides is 2. The van der Waals surface area contributed by atoms with Crippen LogP contribution in [-0.2, 0) is 14.3 Å². The van der Waals surface area contributed by atoms with Crippen LogP contribution in [0.5, 0.6) is 0 Å². The molecule has 7 heteroatoms. The number of rotatable bonds is 0. The summed E-state index contributed by atoms with van der Waals surface area (Å²) < 4.78 is 10.8. The molecular weight excluding hydrogens is 274 g/mol. The van der Waals surface area contributed by atoms with Crippen LogP contribution in [0, 0.1) is 0 Å². The minimum absolute atomic E-state index is 0.0241. The first-order valence-electron chi connectivity index (χ1n) is 7.41. The van der Waals surface area contributed by atoms with Gasteiger partial charge in [-0.25, -0.2) is 4.79 Å². The van der Waals surface area contributed by atoms with Crippen LogP contribution in [0.25, 0.3) is 0 Å². The predicted octanol–water partition coefficient (Wildman–Crippen LogP) is -0.193. The van der Waals surface area contributed by atoms with Gasteiger partial charge >= 0.3 is 6.09 Å². The predicted molar refractivity (Wildman–Crippen MR) is 74.9 cm³/mol. The van der Waals surface area contributed by atoms with Crippen molar-refractivity contribution in [3.8, 4) is 0 Å². The van der Waals surface area contributed by atoms with E-state index in [0.29, 0.717) is 32.8 Å². The monoisotopic (exact) mass is 297 g/mol. The van der Waals surface area contributed by atoms with Crippen LogP contribution in [0.3, 0.4) is 0 Å². The van der Waals surface area contributed by atoms with E-state index < -0.39 is 5.60 Å². The second-order valence-electron chi connectivity index (χ2n) is 7.06. The van der Waals surface area contributed by atoms with E-state index in [-0.39, 0.29) is 23.6 Å². The maximum Gasteiger partial charge on any atom is 0.410 e. The lowest BCUT2D eigenvalue weighted by Crippen LogP contribution is -2.82. The lowest BCUT2D eigenvalue weighted by atomic mass is 9.83. The average Bonchev–Trinajstić information content (AvgIpc) is 2.35. The quantitative estimate of drug-likeness (QED) is 0.671. The van der Waals surface area contributed by atoms with Gasteiger partial charge in [-0.1, -0.05) is 0 Å². The molecule has 1 atom stereocenters. The highest BCUT2D eigenvalue weighted by Gasteiger charge is 2.56. The van der Waals surface area contributed by atoms with Crippen LogP contribution >= 0.6 is 0 Å². The van der Waals surface area contributed by atoms with Crippen molar-refractivity contribution in [2.24, 2.45) is 0 Å². The third-order valence-electron chi connectivity index (χ3n) is 4.25. The first-order valence-corrected chi connectivity index (χ1v) is 7.41. The Bertz CT molecular complexity index is 454. The van der Waals surface area contributed by atoms with E-state index in [4.69, 9.17) is 9.47 Å². The molecule has 3 aliphatic heterocycles. The highest BCUT2D eigenvalue weighted by atomic mass is 16.6. The second-order valence-corrected chi connectivity index (χ2v) is 7.06. The van der Waals surface area contributed by atoms with Gasteiger partial charge in [-0.2, -0.15) is 0 Å². The number of nitrogens with one attached hydrogen (secondary N) is 1. The molecule has 0 aromatic heterocycles. The van der Waals surface area contributed by atoms with E-state index in [1.54, 1.807) is 4.90 Å². The van der Waals surface area contributed by atoms with Crippen LogP contribution < -0.4 is 5.32 Å². The van der Waals surface area contributed by atoms with Gasteiger partial charge < -0.3 is 19.7 Å². The Kier molecular flexibility index (Phi) is 3.37. The summed E-state index contributed by atoms with van der Waals surface area (Å²) in [6, 6.07) is -0.228. The Morgan fingerprint density at radius 3 is 2.81 bits per heavy atom. The molecule has 0 aromatic carbocycles. The van der Waals surface area contributed by atoms with Crippen molar-refractivity contribution < 1.29 is 19.1 Å². The molecule has 3 fully saturated rings. The van der Waals surface area contributed by atoms with Gasteiger partial charge in [-0.3, -0.25) is 9.69 Å². The Balaban J connectivity index is 1.65. The summed E-state index contributed by atoms with van der Waals surface area (Å²) in [5, 5.41) is 2.94. The van der Waals surface area contributed by atoms with Gasteiger partial charge in [0.2, 0.25) is 5.91 Å². The van der Waals surface area contributed by atoms with Gasteiger partial charge in [0.25, 0.3) is 0 Å². The van der Waals surface area contributed by atoms with Crippen LogP contribution in [0.1, 0.15) is 20.8 Å². The molecule has 0 aliphatic carbocycles. The number of ether oxygens (including phenoxy) is 2. The molecule has 21 heavy (non-hydrogen) atoms. The summed E-state index contributed by atoms with van der Waals surface area (Å²) in [6.45, 7) is 9.16. The van der Waals surface area contributed by atoms with Crippen LogP contribution in [-0.4, -0.2) is 78.4 Å². The maximum atomic E-state index is 12.1. The minimum atomic E-state index is -0.484. The number of fused-ring (bicyclic) bond motifs is 2. The van der Waals surface area contributed by atoms with Gasteiger partial charge in [0, 0.05) is 26.2 Å². The second kappa shape index (κ2) is 4.84. The zero-order chi connectivity index (χ0) is 15.3. The topological polar surface area (TPSA) is 71.1 Å². The molecular formula is C14H23N3O4. The van der Waals surface area contributed by atoms with Crippen molar-refractivity contribution in [2.75, 3.05) is 39.4 Å². The molecule has 3 rings (SSSR count). The largest absolute Gasteiger partial charge is 0.444 e. The number of morpholine rings is 1. The number of hydrogen-bond donors (Lipinski definition) is 1. The van der Waals surface area contributed by atoms with Gasteiger partial charge in [-0.05, 0) is 20.8 Å². The third-order valence-corrected chi connectivity index (χ3v) is 4.25. The molecule has 0 bridgehead atoms. The number of hydrogen-bond acceptors (Lipinski definition) is 5. The summed E-state index contributed by atoms with van der Waals surface area (Å²) in [6.07, 6.45) is -0.283. The normalized spacial score (nSPS) is 28.6. The Morgan fingerprint density at radius 2 is 2.14 bits per heavy atom. The van der Waals surface area contributed by atoms with Gasteiger partial charge in [0.1, 0.15) is 11.6 Å². The van der Waals surface area contributed by atoms with Crippen molar-refractivity contribution in [2.45, 2.75) is 38.0 Å². The summed E-state index contributed by atoms with van der Waals surface area (Å²) in [4.78, 5) is 27.9. The highest BCUT2D eigenvalue weighted by Crippen LogP contribution is 2.34. The molecule has 0 saturated carbocycles. The zero-order valence-corrected chi connectivity index (χ0v) is 12.8. The molecule has 7 nitrogen and oxygen atoms in total. The Morgan fingerprint density at radius 1 is 1.43 bits per heavy atom. The summed E-state index contributed by atoms with van der Waals surface area (Å²) in [5.74, 6) is 0.0241. The van der Waals surface area contributed by atoms with E-state index >= 15 is 0 Å². The number of likely N-dealkylation sites (tertiary alicyclic amines) is 1. The van der Waals surface area contributed by atoms with E-state index in [0.717, 1.165) is 6.54 Å². The zero-order valence-electron chi connectivity index (χ0n) is 12.8. The molecule has 118 valence electrons. The number of carbonyl (C=O) groups is 2. The smallest absolute Gasteiger partial charge is 0.410 e. The summed E-state index contributed by atoms with van der Waals surface area (Å²) >= 11 is 0.